The van der Waals surface area contributed by atoms with E-state index < -0.39 is 0 Å². The van der Waals surface area contributed by atoms with Crippen LogP contribution in [-0.2, 0) is 19.5 Å². The van der Waals surface area contributed by atoms with Crippen molar-refractivity contribution in [2.75, 3.05) is 0 Å². The molecule has 0 aromatic carbocycles. The summed E-state index contributed by atoms with van der Waals surface area (Å²) in [6.07, 6.45) is 38.5. The molecule has 2 heteroatoms. The van der Waals surface area contributed by atoms with Crippen molar-refractivity contribution in [3.05, 3.63) is 18.2 Å². The number of aryl methyl sites for hydroxylation is 2. The predicted molar refractivity (Wildman–Crippen MR) is 152 cm³/mol. The molecule has 0 unspecified atom stereocenters. The van der Waals surface area contributed by atoms with Gasteiger partial charge in [0, 0.05) is 6.42 Å². The van der Waals surface area contributed by atoms with E-state index in [1.807, 2.05) is 0 Å². The molecule has 0 bridgehead atoms. The van der Waals surface area contributed by atoms with Crippen molar-refractivity contribution in [2.24, 2.45) is 0 Å². The Balaban J connectivity index is 2.34. The summed E-state index contributed by atoms with van der Waals surface area (Å²) in [5, 5.41) is 0. The third kappa shape index (κ3) is 16.8. The van der Waals surface area contributed by atoms with E-state index in [9.17, 15) is 0 Å². The van der Waals surface area contributed by atoms with E-state index in [0.29, 0.717) is 0 Å². The lowest BCUT2D eigenvalue weighted by Crippen LogP contribution is -2.37. The van der Waals surface area contributed by atoms with Crippen molar-refractivity contribution >= 4 is 0 Å². The molecule has 1 aromatic heterocycles. The highest BCUT2D eigenvalue weighted by atomic mass is 15.1. The zero-order valence-corrected chi connectivity index (χ0v) is 23.9. The highest BCUT2D eigenvalue weighted by Crippen LogP contribution is 2.13. The number of hydrogen-bond acceptors (Lipinski definition) is 0. The van der Waals surface area contributed by atoms with Crippen LogP contribution in [0.1, 0.15) is 174 Å². The van der Waals surface area contributed by atoms with E-state index in [0.717, 1.165) is 0 Å². The molecule has 2 nitrogen and oxygen atoms in total. The van der Waals surface area contributed by atoms with Crippen LogP contribution in [0, 0.1) is 0 Å². The lowest BCUT2D eigenvalue weighted by Gasteiger charge is -2.07. The fourth-order valence-corrected chi connectivity index (χ4v) is 5.26. The van der Waals surface area contributed by atoms with Gasteiger partial charge in [-0.3, -0.25) is 0 Å². The van der Waals surface area contributed by atoms with Crippen LogP contribution in [0.3, 0.4) is 0 Å². The number of nitrogens with zero attached hydrogens (tertiary/aromatic N) is 2. The van der Waals surface area contributed by atoms with Crippen LogP contribution in [0.25, 0.3) is 0 Å². The van der Waals surface area contributed by atoms with Crippen molar-refractivity contribution in [2.45, 2.75) is 188 Å². The SMILES string of the molecule is CCCCCCCCCCCCn1cc[n+](CCCCCCCCC)c1CCCCCCCC. The third-order valence-corrected chi connectivity index (χ3v) is 7.60. The Labute approximate surface area is 215 Å². The minimum Gasteiger partial charge on any atom is -0.234 e. The third-order valence-electron chi connectivity index (χ3n) is 7.60. The van der Waals surface area contributed by atoms with Crippen molar-refractivity contribution in [1.82, 2.24) is 4.57 Å². The van der Waals surface area contributed by atoms with Gasteiger partial charge in [-0.2, -0.15) is 0 Å². The van der Waals surface area contributed by atoms with Crippen LogP contribution < -0.4 is 4.57 Å². The Hall–Kier alpha value is -0.790. The number of unbranched alkanes of at least 4 members (excludes halogenated alkanes) is 20. The average molecular weight is 476 g/mol. The molecular weight excluding hydrogens is 412 g/mol. The van der Waals surface area contributed by atoms with Crippen LogP contribution >= 0.6 is 0 Å². The molecule has 0 aliphatic heterocycles. The lowest BCUT2D eigenvalue weighted by atomic mass is 10.1. The fraction of sp³-hybridized carbons (Fsp3) is 0.906. The van der Waals surface area contributed by atoms with Crippen LogP contribution in [0.5, 0.6) is 0 Å². The summed E-state index contributed by atoms with van der Waals surface area (Å²) in [4.78, 5) is 0. The molecule has 0 atom stereocenters. The van der Waals surface area contributed by atoms with Crippen LogP contribution in [-0.4, -0.2) is 4.57 Å². The van der Waals surface area contributed by atoms with Gasteiger partial charge < -0.3 is 0 Å². The van der Waals surface area contributed by atoms with E-state index in [4.69, 9.17) is 0 Å². The highest BCUT2D eigenvalue weighted by Gasteiger charge is 2.16. The molecule has 0 fully saturated rings. The molecular formula is C32H63N2+. The molecule has 200 valence electrons. The molecule has 0 amide bonds. The standard InChI is InChI=1S/C32H63N2/c1-4-7-10-13-16-17-18-20-23-26-29-34-31-30-33(28-25-22-19-14-11-8-5-2)32(34)27-24-21-15-12-9-6-3/h30-31H,4-29H2,1-3H3/q+1. The van der Waals surface area contributed by atoms with Crippen molar-refractivity contribution in [3.8, 4) is 0 Å². The van der Waals surface area contributed by atoms with Crippen LogP contribution in [0.15, 0.2) is 12.4 Å². The Bertz CT molecular complexity index is 533. The maximum Gasteiger partial charge on any atom is 0.256 e. The summed E-state index contributed by atoms with van der Waals surface area (Å²) in [5.74, 6) is 1.61. The highest BCUT2D eigenvalue weighted by molar-refractivity contribution is 4.84. The maximum absolute atomic E-state index is 2.61. The van der Waals surface area contributed by atoms with Crippen molar-refractivity contribution in [1.29, 1.82) is 0 Å². The zero-order valence-electron chi connectivity index (χ0n) is 23.9. The molecule has 1 rings (SSSR count). The topological polar surface area (TPSA) is 8.81 Å². The molecule has 0 aliphatic rings. The van der Waals surface area contributed by atoms with E-state index >= 15 is 0 Å². The molecule has 34 heavy (non-hydrogen) atoms. The van der Waals surface area contributed by atoms with Crippen molar-refractivity contribution < 1.29 is 4.57 Å². The zero-order chi connectivity index (χ0) is 24.5. The summed E-state index contributed by atoms with van der Waals surface area (Å²) >= 11 is 0. The lowest BCUT2D eigenvalue weighted by molar-refractivity contribution is -0.704. The van der Waals surface area contributed by atoms with Crippen LogP contribution in [0.4, 0.5) is 0 Å². The van der Waals surface area contributed by atoms with E-state index in [1.54, 1.807) is 5.82 Å². The molecule has 0 spiro atoms. The van der Waals surface area contributed by atoms with Gasteiger partial charge in [-0.1, -0.05) is 136 Å². The summed E-state index contributed by atoms with van der Waals surface area (Å²) in [7, 11) is 0. The predicted octanol–water partition coefficient (Wildman–Crippen LogP) is 10.4. The van der Waals surface area contributed by atoms with Gasteiger partial charge in [-0.25, -0.2) is 9.13 Å². The average Bonchev–Trinajstić information content (AvgIpc) is 3.23. The largest absolute Gasteiger partial charge is 0.256 e. The van der Waals surface area contributed by atoms with Crippen LogP contribution in [0.2, 0.25) is 0 Å². The smallest absolute Gasteiger partial charge is 0.234 e. The van der Waals surface area contributed by atoms with Gasteiger partial charge in [0.2, 0.25) is 0 Å². The van der Waals surface area contributed by atoms with Gasteiger partial charge in [0.25, 0.3) is 5.82 Å². The first-order chi connectivity index (χ1) is 16.8. The number of imidazole rings is 1. The van der Waals surface area contributed by atoms with Gasteiger partial charge in [0.15, 0.2) is 0 Å². The Morgan fingerprint density at radius 1 is 0.500 bits per heavy atom. The minimum atomic E-state index is 1.23. The molecule has 1 heterocycles. The molecule has 0 radical (unpaired) electrons. The van der Waals surface area contributed by atoms with Gasteiger partial charge in [0.1, 0.15) is 12.4 Å². The summed E-state index contributed by atoms with van der Waals surface area (Å²) < 4.78 is 5.21. The molecule has 0 aliphatic carbocycles. The first kappa shape index (κ1) is 31.2. The molecule has 0 N–H and O–H groups in total. The van der Waals surface area contributed by atoms with Gasteiger partial charge in [-0.05, 0) is 32.1 Å². The normalized spacial score (nSPS) is 11.5. The Morgan fingerprint density at radius 3 is 1.41 bits per heavy atom. The second-order valence-corrected chi connectivity index (χ2v) is 10.9. The van der Waals surface area contributed by atoms with Crippen molar-refractivity contribution in [3.63, 3.8) is 0 Å². The first-order valence-electron chi connectivity index (χ1n) is 15.9. The first-order valence-corrected chi connectivity index (χ1v) is 15.9. The summed E-state index contributed by atoms with van der Waals surface area (Å²) in [6, 6.07) is 0. The molecule has 0 saturated carbocycles. The van der Waals surface area contributed by atoms with E-state index in [-0.39, 0.29) is 0 Å². The number of rotatable bonds is 26. The molecule has 0 saturated heterocycles. The van der Waals surface area contributed by atoms with E-state index in [1.165, 1.54) is 167 Å². The van der Waals surface area contributed by atoms with E-state index in [2.05, 4.69) is 42.3 Å². The van der Waals surface area contributed by atoms with Gasteiger partial charge in [-0.15, -0.1) is 0 Å². The minimum absolute atomic E-state index is 1.23. The summed E-state index contributed by atoms with van der Waals surface area (Å²) in [6.45, 7) is 9.38. The van der Waals surface area contributed by atoms with Gasteiger partial charge >= 0.3 is 0 Å². The monoisotopic (exact) mass is 475 g/mol. The Morgan fingerprint density at radius 2 is 0.912 bits per heavy atom. The fourth-order valence-electron chi connectivity index (χ4n) is 5.26. The number of hydrogen-bond donors (Lipinski definition) is 0. The summed E-state index contributed by atoms with van der Waals surface area (Å²) in [5.41, 5.74) is 0. The Kier molecular flexibility index (Phi) is 22.0. The second kappa shape index (κ2) is 23.9. The number of aromatic nitrogens is 2. The quantitative estimate of drug-likeness (QED) is 0.0930. The second-order valence-electron chi connectivity index (χ2n) is 10.9. The molecule has 1 aromatic rings. The van der Waals surface area contributed by atoms with Gasteiger partial charge in [0.05, 0.1) is 13.1 Å². The maximum atomic E-state index is 2.61.